The van der Waals surface area contributed by atoms with Crippen molar-refractivity contribution in [1.82, 2.24) is 9.88 Å². The van der Waals surface area contributed by atoms with E-state index in [1.54, 1.807) is 14.2 Å². The quantitative estimate of drug-likeness (QED) is 0.854. The Bertz CT molecular complexity index is 747. The molecule has 1 aliphatic rings. The lowest BCUT2D eigenvalue weighted by Gasteiger charge is -2.25. The molecule has 25 heavy (non-hydrogen) atoms. The smallest absolute Gasteiger partial charge is 0.223 e. The van der Waals surface area contributed by atoms with Crippen LogP contribution in [0, 0.1) is 0 Å². The molecule has 1 aromatic heterocycles. The highest BCUT2D eigenvalue weighted by atomic mass is 32.1. The molecule has 134 valence electrons. The van der Waals surface area contributed by atoms with Crippen molar-refractivity contribution in [2.24, 2.45) is 0 Å². The molecule has 1 saturated heterocycles. The van der Waals surface area contributed by atoms with E-state index in [-0.39, 0.29) is 11.9 Å². The predicted octanol–water partition coefficient (Wildman–Crippen LogP) is 3.46. The summed E-state index contributed by atoms with van der Waals surface area (Å²) in [6.45, 7) is 3.26. The average molecular weight is 361 g/mol. The zero-order valence-electron chi connectivity index (χ0n) is 14.7. The molecule has 1 atom stereocenters. The number of nitrogens with zero attached hydrogens (tertiary/aromatic N) is 2. The van der Waals surface area contributed by atoms with Gasteiger partial charge in [-0.05, 0) is 37.6 Å². The zero-order valence-corrected chi connectivity index (χ0v) is 15.6. The van der Waals surface area contributed by atoms with Gasteiger partial charge in [-0.25, -0.2) is 4.98 Å². The first-order chi connectivity index (χ1) is 12.1. The first-order valence-electron chi connectivity index (χ1n) is 8.28. The maximum atomic E-state index is 11.2. The van der Waals surface area contributed by atoms with Crippen molar-refractivity contribution in [3.63, 3.8) is 0 Å². The van der Waals surface area contributed by atoms with Gasteiger partial charge in [-0.1, -0.05) is 0 Å². The fourth-order valence-corrected chi connectivity index (χ4v) is 4.01. The summed E-state index contributed by atoms with van der Waals surface area (Å²) in [6.07, 6.45) is 2.21. The molecule has 3 rings (SSSR count). The van der Waals surface area contributed by atoms with Crippen molar-refractivity contribution < 1.29 is 14.3 Å². The molecule has 1 aromatic carbocycles. The maximum Gasteiger partial charge on any atom is 0.223 e. The van der Waals surface area contributed by atoms with Gasteiger partial charge in [0.1, 0.15) is 11.5 Å². The Hall–Kier alpha value is -2.12. The van der Waals surface area contributed by atoms with Crippen LogP contribution in [0.25, 0.3) is 0 Å². The van der Waals surface area contributed by atoms with E-state index in [1.807, 2.05) is 17.5 Å². The Morgan fingerprint density at radius 3 is 2.96 bits per heavy atom. The second-order valence-electron chi connectivity index (χ2n) is 6.06. The lowest BCUT2D eigenvalue weighted by atomic mass is 10.0. The number of thiazole rings is 1. The van der Waals surface area contributed by atoms with Gasteiger partial charge in [0.15, 0.2) is 5.13 Å². The summed E-state index contributed by atoms with van der Waals surface area (Å²) in [7, 11) is 3.38. The zero-order chi connectivity index (χ0) is 17.8. The minimum atomic E-state index is -0.0962. The number of nitrogens with one attached hydrogen (secondary N) is 1. The van der Waals surface area contributed by atoms with Gasteiger partial charge < -0.3 is 14.8 Å². The van der Waals surface area contributed by atoms with E-state index in [0.29, 0.717) is 5.13 Å². The van der Waals surface area contributed by atoms with Crippen molar-refractivity contribution in [3.8, 4) is 11.5 Å². The van der Waals surface area contributed by atoms with Crippen LogP contribution in [0.4, 0.5) is 5.13 Å². The van der Waals surface area contributed by atoms with E-state index < -0.39 is 0 Å². The average Bonchev–Trinajstić information content (AvgIpc) is 3.23. The van der Waals surface area contributed by atoms with Crippen LogP contribution >= 0.6 is 11.3 Å². The van der Waals surface area contributed by atoms with Crippen LogP contribution in [-0.2, 0) is 11.3 Å². The van der Waals surface area contributed by atoms with E-state index in [1.165, 1.54) is 18.3 Å². The molecular weight excluding hydrogens is 338 g/mol. The Labute approximate surface area is 151 Å². The first kappa shape index (κ1) is 17.7. The number of carbonyl (C=O) groups excluding carboxylic acids is 1. The topological polar surface area (TPSA) is 63.7 Å². The summed E-state index contributed by atoms with van der Waals surface area (Å²) in [5.41, 5.74) is 2.12. The third-order valence-corrected chi connectivity index (χ3v) is 5.17. The minimum absolute atomic E-state index is 0.0962. The summed E-state index contributed by atoms with van der Waals surface area (Å²) in [5.74, 6) is 1.63. The molecule has 0 aliphatic carbocycles. The molecule has 7 heteroatoms. The van der Waals surface area contributed by atoms with Gasteiger partial charge in [0.2, 0.25) is 5.91 Å². The van der Waals surface area contributed by atoms with E-state index >= 15 is 0 Å². The standard InChI is InChI=1S/C18H23N3O3S/c1-12(22)19-18-20-13(11-25-18)10-21-8-4-5-16(21)15-9-14(23-2)6-7-17(15)24-3/h6-7,9,11,16H,4-5,8,10H2,1-3H3,(H,19,20,22). The number of methoxy groups -OCH3 is 2. The van der Waals surface area contributed by atoms with Crippen molar-refractivity contribution in [1.29, 1.82) is 0 Å². The number of amides is 1. The van der Waals surface area contributed by atoms with Crippen LogP contribution in [0.15, 0.2) is 23.6 Å². The molecule has 2 heterocycles. The molecule has 6 nitrogen and oxygen atoms in total. The number of hydrogen-bond acceptors (Lipinski definition) is 6. The molecular formula is C18H23N3O3S. The van der Waals surface area contributed by atoms with Crippen LogP contribution in [0.5, 0.6) is 11.5 Å². The van der Waals surface area contributed by atoms with Gasteiger partial charge in [-0.2, -0.15) is 0 Å². The SMILES string of the molecule is COc1ccc(OC)c(C2CCCN2Cc2csc(NC(C)=O)n2)c1. The van der Waals surface area contributed by atoms with Crippen molar-refractivity contribution in [3.05, 3.63) is 34.8 Å². The Kier molecular flexibility index (Phi) is 5.55. The second kappa shape index (κ2) is 7.84. The molecule has 1 aliphatic heterocycles. The molecule has 1 amide bonds. The van der Waals surface area contributed by atoms with Crippen LogP contribution in [0.2, 0.25) is 0 Å². The van der Waals surface area contributed by atoms with Gasteiger partial charge >= 0.3 is 0 Å². The number of carbonyl (C=O) groups is 1. The van der Waals surface area contributed by atoms with Crippen LogP contribution in [0.3, 0.4) is 0 Å². The van der Waals surface area contributed by atoms with Gasteiger partial charge in [0.25, 0.3) is 0 Å². The summed E-state index contributed by atoms with van der Waals surface area (Å²) in [5, 5.41) is 5.39. The van der Waals surface area contributed by atoms with Crippen LogP contribution in [0.1, 0.15) is 37.1 Å². The first-order valence-corrected chi connectivity index (χ1v) is 9.16. The molecule has 0 spiro atoms. The Balaban J connectivity index is 1.79. The monoisotopic (exact) mass is 361 g/mol. The van der Waals surface area contributed by atoms with E-state index in [2.05, 4.69) is 21.3 Å². The molecule has 0 bridgehead atoms. The van der Waals surface area contributed by atoms with Gasteiger partial charge in [-0.15, -0.1) is 11.3 Å². The number of benzene rings is 1. The number of anilines is 1. The molecule has 0 radical (unpaired) electrons. The van der Waals surface area contributed by atoms with E-state index in [9.17, 15) is 4.79 Å². The largest absolute Gasteiger partial charge is 0.497 e. The van der Waals surface area contributed by atoms with Crippen molar-refractivity contribution >= 4 is 22.4 Å². The van der Waals surface area contributed by atoms with Crippen LogP contribution in [-0.4, -0.2) is 36.6 Å². The van der Waals surface area contributed by atoms with Crippen molar-refractivity contribution in [2.75, 3.05) is 26.1 Å². The molecule has 0 saturated carbocycles. The molecule has 1 unspecified atom stereocenters. The van der Waals surface area contributed by atoms with Gasteiger partial charge in [0.05, 0.1) is 19.9 Å². The Morgan fingerprint density at radius 1 is 1.40 bits per heavy atom. The highest BCUT2D eigenvalue weighted by Crippen LogP contribution is 2.39. The van der Waals surface area contributed by atoms with E-state index in [4.69, 9.17) is 9.47 Å². The lowest BCUT2D eigenvalue weighted by Crippen LogP contribution is -2.23. The van der Waals surface area contributed by atoms with Gasteiger partial charge in [0, 0.05) is 30.5 Å². The lowest BCUT2D eigenvalue weighted by molar-refractivity contribution is -0.114. The third-order valence-electron chi connectivity index (χ3n) is 4.36. The highest BCUT2D eigenvalue weighted by molar-refractivity contribution is 7.13. The van der Waals surface area contributed by atoms with Crippen molar-refractivity contribution in [2.45, 2.75) is 32.4 Å². The summed E-state index contributed by atoms with van der Waals surface area (Å²) < 4.78 is 10.9. The second-order valence-corrected chi connectivity index (χ2v) is 6.92. The maximum absolute atomic E-state index is 11.2. The fraction of sp³-hybridized carbons (Fsp3) is 0.444. The molecule has 2 aromatic rings. The number of rotatable bonds is 6. The molecule has 1 fully saturated rings. The number of ether oxygens (including phenoxy) is 2. The number of aromatic nitrogens is 1. The number of hydrogen-bond donors (Lipinski definition) is 1. The summed E-state index contributed by atoms with van der Waals surface area (Å²) in [4.78, 5) is 18.1. The predicted molar refractivity (Wildman–Crippen MR) is 98.3 cm³/mol. The summed E-state index contributed by atoms with van der Waals surface area (Å²) >= 11 is 1.46. The molecule has 1 N–H and O–H groups in total. The minimum Gasteiger partial charge on any atom is -0.497 e. The summed E-state index contributed by atoms with van der Waals surface area (Å²) in [6, 6.07) is 6.21. The van der Waals surface area contributed by atoms with Crippen LogP contribution < -0.4 is 14.8 Å². The normalized spacial score (nSPS) is 17.5. The highest BCUT2D eigenvalue weighted by Gasteiger charge is 2.29. The Morgan fingerprint density at radius 2 is 2.24 bits per heavy atom. The van der Waals surface area contributed by atoms with Gasteiger partial charge in [-0.3, -0.25) is 9.69 Å². The number of likely N-dealkylation sites (tertiary alicyclic amines) is 1. The van der Waals surface area contributed by atoms with E-state index in [0.717, 1.165) is 48.7 Å². The fourth-order valence-electron chi connectivity index (χ4n) is 3.26. The third kappa shape index (κ3) is 4.11.